The van der Waals surface area contributed by atoms with Crippen molar-refractivity contribution in [3.8, 4) is 5.75 Å². The quantitative estimate of drug-likeness (QED) is 0.847. The summed E-state index contributed by atoms with van der Waals surface area (Å²) in [5.41, 5.74) is 0.762. The molecule has 86 valence electrons. The lowest BCUT2D eigenvalue weighted by Gasteiger charge is -2.16. The summed E-state index contributed by atoms with van der Waals surface area (Å²) >= 11 is 0. The minimum absolute atomic E-state index is 0.587. The smallest absolute Gasteiger partial charge is 0.139 e. The summed E-state index contributed by atoms with van der Waals surface area (Å²) < 4.78 is 10.8. The van der Waals surface area contributed by atoms with Gasteiger partial charge in [0.05, 0.1) is 13.2 Å². The van der Waals surface area contributed by atoms with Gasteiger partial charge in [0, 0.05) is 12.0 Å². The third-order valence-electron chi connectivity index (χ3n) is 2.52. The fourth-order valence-electron chi connectivity index (χ4n) is 1.77. The van der Waals surface area contributed by atoms with Gasteiger partial charge in [-0.1, -0.05) is 18.2 Å². The summed E-state index contributed by atoms with van der Waals surface area (Å²) in [5.74, 6) is 1.35. The fourth-order valence-corrected chi connectivity index (χ4v) is 1.77. The molecule has 1 heterocycles. The second kappa shape index (κ2) is 5.03. The van der Waals surface area contributed by atoms with Crippen LogP contribution in [0.3, 0.4) is 0 Å². The molecule has 1 aliphatic heterocycles. The van der Waals surface area contributed by atoms with Crippen LogP contribution in [-0.2, 0) is 4.74 Å². The van der Waals surface area contributed by atoms with E-state index in [0.29, 0.717) is 24.7 Å². The molecule has 0 saturated heterocycles. The first-order chi connectivity index (χ1) is 7.83. The molecule has 1 atom stereocenters. The van der Waals surface area contributed by atoms with Gasteiger partial charge >= 0.3 is 0 Å². The van der Waals surface area contributed by atoms with E-state index in [4.69, 9.17) is 9.47 Å². The van der Waals surface area contributed by atoms with Crippen molar-refractivity contribution < 1.29 is 14.6 Å². The molecule has 1 aromatic carbocycles. The van der Waals surface area contributed by atoms with E-state index in [1.54, 1.807) is 0 Å². The van der Waals surface area contributed by atoms with Crippen molar-refractivity contribution in [3.05, 3.63) is 41.7 Å². The van der Waals surface area contributed by atoms with Gasteiger partial charge in [-0.25, -0.2) is 0 Å². The topological polar surface area (TPSA) is 38.7 Å². The Kier molecular flexibility index (Phi) is 3.47. The predicted octanol–water partition coefficient (Wildman–Crippen LogP) is 2.42. The molecular formula is C13H16O3. The Hall–Kier alpha value is -1.48. The lowest BCUT2D eigenvalue weighted by molar-refractivity contribution is 0.116. The Morgan fingerprint density at radius 2 is 2.25 bits per heavy atom. The van der Waals surface area contributed by atoms with E-state index in [0.717, 1.165) is 12.0 Å². The van der Waals surface area contributed by atoms with Crippen molar-refractivity contribution in [1.82, 2.24) is 0 Å². The largest absolute Gasteiger partial charge is 0.495 e. The highest BCUT2D eigenvalue weighted by molar-refractivity contribution is 5.38. The summed E-state index contributed by atoms with van der Waals surface area (Å²) in [7, 11) is 0. The lowest BCUT2D eigenvalue weighted by Crippen LogP contribution is -2.05. The molecular weight excluding hydrogens is 204 g/mol. The molecule has 0 spiro atoms. The first kappa shape index (κ1) is 11.0. The number of hydrogen-bond donors (Lipinski definition) is 1. The van der Waals surface area contributed by atoms with E-state index in [9.17, 15) is 5.11 Å². The second-order valence-corrected chi connectivity index (χ2v) is 3.62. The van der Waals surface area contributed by atoms with Crippen LogP contribution in [0.1, 0.15) is 25.0 Å². The van der Waals surface area contributed by atoms with E-state index >= 15 is 0 Å². The number of aliphatic hydroxyl groups excluding tert-OH is 1. The molecule has 0 bridgehead atoms. The summed E-state index contributed by atoms with van der Waals surface area (Å²) in [5, 5.41) is 10.2. The Bertz CT molecular complexity index is 385. The van der Waals surface area contributed by atoms with Crippen LogP contribution in [-0.4, -0.2) is 18.3 Å². The van der Waals surface area contributed by atoms with Gasteiger partial charge in [0.2, 0.25) is 0 Å². The van der Waals surface area contributed by atoms with Crippen LogP contribution in [0.15, 0.2) is 36.1 Å². The van der Waals surface area contributed by atoms with Crippen LogP contribution >= 0.6 is 0 Å². The van der Waals surface area contributed by atoms with Gasteiger partial charge in [0.15, 0.2) is 0 Å². The standard InChI is InChI=1S/C13H16O3/c1-2-15-11-7-4-3-6-10(11)13(14)12-8-5-9-16-12/h3-4,6-8,13-14H,2,5,9H2,1H3. The molecule has 1 N–H and O–H groups in total. The molecule has 2 rings (SSSR count). The van der Waals surface area contributed by atoms with Gasteiger partial charge in [-0.2, -0.15) is 0 Å². The molecule has 16 heavy (non-hydrogen) atoms. The molecule has 0 amide bonds. The third kappa shape index (κ3) is 2.19. The fraction of sp³-hybridized carbons (Fsp3) is 0.385. The Balaban J connectivity index is 2.24. The van der Waals surface area contributed by atoms with Crippen LogP contribution < -0.4 is 4.74 Å². The molecule has 0 radical (unpaired) electrons. The molecule has 3 heteroatoms. The molecule has 0 fully saturated rings. The van der Waals surface area contributed by atoms with Gasteiger partial charge < -0.3 is 14.6 Å². The van der Waals surface area contributed by atoms with Crippen molar-refractivity contribution in [3.63, 3.8) is 0 Å². The van der Waals surface area contributed by atoms with E-state index in [1.165, 1.54) is 0 Å². The monoisotopic (exact) mass is 220 g/mol. The maximum Gasteiger partial charge on any atom is 0.139 e. The van der Waals surface area contributed by atoms with Crippen LogP contribution in [0, 0.1) is 0 Å². The Labute approximate surface area is 95.3 Å². The lowest BCUT2D eigenvalue weighted by atomic mass is 10.1. The maximum atomic E-state index is 10.2. The molecule has 3 nitrogen and oxygen atoms in total. The van der Waals surface area contributed by atoms with E-state index in [1.807, 2.05) is 37.3 Å². The van der Waals surface area contributed by atoms with Crippen LogP contribution in [0.2, 0.25) is 0 Å². The van der Waals surface area contributed by atoms with Gasteiger partial charge in [0.25, 0.3) is 0 Å². The highest BCUT2D eigenvalue weighted by Gasteiger charge is 2.20. The molecule has 1 unspecified atom stereocenters. The minimum Gasteiger partial charge on any atom is -0.495 e. The summed E-state index contributed by atoms with van der Waals surface area (Å²) in [6.45, 7) is 3.17. The number of rotatable bonds is 4. The Morgan fingerprint density at radius 3 is 2.94 bits per heavy atom. The van der Waals surface area contributed by atoms with Gasteiger partial charge in [-0.3, -0.25) is 0 Å². The predicted molar refractivity (Wildman–Crippen MR) is 61.2 cm³/mol. The number of hydrogen-bond acceptors (Lipinski definition) is 3. The minimum atomic E-state index is -0.717. The summed E-state index contributed by atoms with van der Waals surface area (Å²) in [6.07, 6.45) is 2.07. The van der Waals surface area contributed by atoms with E-state index in [-0.39, 0.29) is 0 Å². The zero-order valence-electron chi connectivity index (χ0n) is 9.35. The molecule has 0 aromatic heterocycles. The zero-order valence-corrected chi connectivity index (χ0v) is 9.35. The number of ether oxygens (including phenoxy) is 2. The van der Waals surface area contributed by atoms with Crippen molar-refractivity contribution in [2.45, 2.75) is 19.4 Å². The number of para-hydroxylation sites is 1. The summed E-state index contributed by atoms with van der Waals surface area (Å²) in [4.78, 5) is 0. The van der Waals surface area contributed by atoms with Crippen molar-refractivity contribution in [1.29, 1.82) is 0 Å². The average Bonchev–Trinajstić information content (AvgIpc) is 2.83. The first-order valence-corrected chi connectivity index (χ1v) is 5.55. The summed E-state index contributed by atoms with van der Waals surface area (Å²) in [6, 6.07) is 7.50. The zero-order chi connectivity index (χ0) is 11.4. The second-order valence-electron chi connectivity index (χ2n) is 3.62. The van der Waals surface area contributed by atoms with E-state index in [2.05, 4.69) is 0 Å². The highest BCUT2D eigenvalue weighted by Crippen LogP contribution is 2.32. The maximum absolute atomic E-state index is 10.2. The number of benzene rings is 1. The molecule has 0 saturated carbocycles. The number of aliphatic hydroxyl groups is 1. The van der Waals surface area contributed by atoms with Crippen LogP contribution in [0.25, 0.3) is 0 Å². The van der Waals surface area contributed by atoms with Gasteiger partial charge in [0.1, 0.15) is 17.6 Å². The molecule has 0 aliphatic carbocycles. The van der Waals surface area contributed by atoms with Crippen molar-refractivity contribution in [2.75, 3.05) is 13.2 Å². The first-order valence-electron chi connectivity index (χ1n) is 5.55. The van der Waals surface area contributed by atoms with Gasteiger partial charge in [-0.15, -0.1) is 0 Å². The normalized spacial score (nSPS) is 16.5. The van der Waals surface area contributed by atoms with Crippen molar-refractivity contribution in [2.24, 2.45) is 0 Å². The van der Waals surface area contributed by atoms with Crippen LogP contribution in [0.4, 0.5) is 0 Å². The van der Waals surface area contributed by atoms with E-state index < -0.39 is 6.10 Å². The van der Waals surface area contributed by atoms with Gasteiger partial charge in [-0.05, 0) is 19.1 Å². The average molecular weight is 220 g/mol. The van der Waals surface area contributed by atoms with Crippen LogP contribution in [0.5, 0.6) is 5.75 Å². The third-order valence-corrected chi connectivity index (χ3v) is 2.52. The van der Waals surface area contributed by atoms with Crippen molar-refractivity contribution >= 4 is 0 Å². The molecule has 1 aliphatic rings. The Morgan fingerprint density at radius 1 is 1.44 bits per heavy atom. The SMILES string of the molecule is CCOc1ccccc1C(O)C1=CCCO1. The highest BCUT2D eigenvalue weighted by atomic mass is 16.5. The molecule has 1 aromatic rings.